The molecule has 1 heterocycles. The number of hydrogen-bond donors (Lipinski definition) is 2. The van der Waals surface area contributed by atoms with E-state index < -0.39 is 0 Å². The van der Waals surface area contributed by atoms with Crippen LogP contribution >= 0.6 is 22.9 Å². The maximum absolute atomic E-state index is 11.9. The first-order valence-corrected chi connectivity index (χ1v) is 7.98. The molecule has 6 heteroatoms. The highest BCUT2D eigenvalue weighted by Gasteiger charge is 2.24. The molecule has 0 aromatic carbocycles. The summed E-state index contributed by atoms with van der Waals surface area (Å²) in [4.78, 5) is 15.0. The Bertz CT molecular complexity index is 434. The molecule has 0 aliphatic carbocycles. The first-order chi connectivity index (χ1) is 9.31. The van der Waals surface area contributed by atoms with Crippen LogP contribution in [0.1, 0.15) is 31.7 Å². The summed E-state index contributed by atoms with van der Waals surface area (Å²) in [6.07, 6.45) is 0. The third-order valence-corrected chi connectivity index (χ3v) is 4.26. The number of amides is 1. The van der Waals surface area contributed by atoms with Gasteiger partial charge < -0.3 is 11.1 Å². The number of likely N-dealkylation sites (N-methyl/N-ethyl adjacent to an activating group) is 1. The lowest BCUT2D eigenvalue weighted by atomic mass is 10.1. The van der Waals surface area contributed by atoms with Crippen LogP contribution in [0.25, 0.3) is 0 Å². The van der Waals surface area contributed by atoms with E-state index in [0.717, 1.165) is 9.21 Å². The Morgan fingerprint density at radius 2 is 2.10 bits per heavy atom. The van der Waals surface area contributed by atoms with E-state index >= 15 is 0 Å². The average molecular weight is 318 g/mol. The minimum absolute atomic E-state index is 0.00250. The van der Waals surface area contributed by atoms with Crippen molar-refractivity contribution >= 4 is 28.8 Å². The smallest absolute Gasteiger partial charge is 0.234 e. The predicted octanol–water partition coefficient (Wildman–Crippen LogP) is 2.49. The molecule has 0 aliphatic heterocycles. The van der Waals surface area contributed by atoms with Crippen molar-refractivity contribution in [2.75, 3.05) is 20.1 Å². The third-order valence-electron chi connectivity index (χ3n) is 2.96. The summed E-state index contributed by atoms with van der Waals surface area (Å²) >= 11 is 7.49. The average Bonchev–Trinajstić information content (AvgIpc) is 2.72. The number of hydrogen-bond acceptors (Lipinski definition) is 4. The third kappa shape index (κ3) is 5.40. The standard InChI is InChI=1S/C14H24ClN3OS/c1-9(2)7-17-13(19)8-18(4)14(10(3)16)11-5-6-12(15)20-11/h5-6,9-10,14H,7-8,16H2,1-4H3,(H,17,19). The first-order valence-electron chi connectivity index (χ1n) is 6.79. The highest BCUT2D eigenvalue weighted by molar-refractivity contribution is 7.16. The normalized spacial score (nSPS) is 14.6. The highest BCUT2D eigenvalue weighted by atomic mass is 35.5. The second kappa shape index (κ2) is 7.98. The number of carbonyl (C=O) groups is 1. The number of halogens is 1. The van der Waals surface area contributed by atoms with Crippen molar-refractivity contribution in [3.05, 3.63) is 21.3 Å². The number of nitrogens with two attached hydrogens (primary N) is 1. The Balaban J connectivity index is 2.66. The number of thiophene rings is 1. The molecule has 4 nitrogen and oxygen atoms in total. The SMILES string of the molecule is CC(C)CNC(=O)CN(C)C(c1ccc(Cl)s1)C(C)N. The zero-order valence-corrected chi connectivity index (χ0v) is 14.1. The number of nitrogens with one attached hydrogen (secondary N) is 1. The van der Waals surface area contributed by atoms with Crippen LogP contribution in [0.4, 0.5) is 0 Å². The second-order valence-electron chi connectivity index (χ2n) is 5.56. The summed E-state index contributed by atoms with van der Waals surface area (Å²) in [5, 5.41) is 2.92. The fourth-order valence-electron chi connectivity index (χ4n) is 2.06. The molecule has 0 saturated heterocycles. The molecule has 2 atom stereocenters. The maximum atomic E-state index is 11.9. The van der Waals surface area contributed by atoms with Gasteiger partial charge in [0, 0.05) is 17.5 Å². The lowest BCUT2D eigenvalue weighted by Gasteiger charge is -2.29. The Morgan fingerprint density at radius 3 is 2.55 bits per heavy atom. The molecule has 0 spiro atoms. The summed E-state index contributed by atoms with van der Waals surface area (Å²) in [6.45, 7) is 7.11. The molecule has 114 valence electrons. The summed E-state index contributed by atoms with van der Waals surface area (Å²) in [7, 11) is 1.91. The van der Waals surface area contributed by atoms with Gasteiger partial charge >= 0.3 is 0 Å². The highest BCUT2D eigenvalue weighted by Crippen LogP contribution is 2.31. The van der Waals surface area contributed by atoms with E-state index in [1.54, 1.807) is 0 Å². The summed E-state index contributed by atoms with van der Waals surface area (Å²) < 4.78 is 0.739. The molecule has 1 amide bonds. The number of carbonyl (C=O) groups excluding carboxylic acids is 1. The molecule has 1 aromatic rings. The van der Waals surface area contributed by atoms with Gasteiger partial charge in [0.25, 0.3) is 0 Å². The van der Waals surface area contributed by atoms with Crippen molar-refractivity contribution in [2.45, 2.75) is 32.9 Å². The van der Waals surface area contributed by atoms with Crippen molar-refractivity contribution in [3.63, 3.8) is 0 Å². The fraction of sp³-hybridized carbons (Fsp3) is 0.643. The van der Waals surface area contributed by atoms with Crippen LogP contribution in [-0.2, 0) is 4.79 Å². The minimum Gasteiger partial charge on any atom is -0.355 e. The van der Waals surface area contributed by atoms with Gasteiger partial charge in [-0.15, -0.1) is 11.3 Å². The topological polar surface area (TPSA) is 58.4 Å². The molecule has 3 N–H and O–H groups in total. The largest absolute Gasteiger partial charge is 0.355 e. The van der Waals surface area contributed by atoms with Gasteiger partial charge in [0.1, 0.15) is 0 Å². The maximum Gasteiger partial charge on any atom is 0.234 e. The zero-order chi connectivity index (χ0) is 15.3. The van der Waals surface area contributed by atoms with Crippen molar-refractivity contribution in [2.24, 2.45) is 11.7 Å². The molecule has 0 aliphatic rings. The Labute approximate surface area is 130 Å². The van der Waals surface area contributed by atoms with Crippen molar-refractivity contribution in [3.8, 4) is 0 Å². The molecule has 2 unspecified atom stereocenters. The van der Waals surface area contributed by atoms with Crippen LogP contribution in [0.2, 0.25) is 4.34 Å². The predicted molar refractivity (Wildman–Crippen MR) is 86.2 cm³/mol. The first kappa shape index (κ1) is 17.4. The lowest BCUT2D eigenvalue weighted by molar-refractivity contribution is -0.122. The minimum atomic E-state index is -0.0763. The molecular formula is C14H24ClN3OS. The molecule has 0 fully saturated rings. The Kier molecular flexibility index (Phi) is 6.95. The molecule has 0 bridgehead atoms. The Hall–Kier alpha value is -0.620. The van der Waals surface area contributed by atoms with E-state index in [1.807, 2.05) is 31.0 Å². The summed E-state index contributed by atoms with van der Waals surface area (Å²) in [5.74, 6) is 0.471. The van der Waals surface area contributed by atoms with Gasteiger partial charge in [0.15, 0.2) is 0 Å². The second-order valence-corrected chi connectivity index (χ2v) is 7.31. The van der Waals surface area contributed by atoms with Gasteiger partial charge in [-0.1, -0.05) is 25.4 Å². The van der Waals surface area contributed by atoms with Crippen molar-refractivity contribution < 1.29 is 4.79 Å². The van der Waals surface area contributed by atoms with Gasteiger partial charge in [-0.3, -0.25) is 9.69 Å². The van der Waals surface area contributed by atoms with Gasteiger partial charge in [-0.25, -0.2) is 0 Å². The zero-order valence-electron chi connectivity index (χ0n) is 12.5. The molecule has 20 heavy (non-hydrogen) atoms. The van der Waals surface area contributed by atoms with Gasteiger partial charge in [0.05, 0.1) is 16.9 Å². The van der Waals surface area contributed by atoms with Gasteiger partial charge in [0.2, 0.25) is 5.91 Å². The van der Waals surface area contributed by atoms with Crippen LogP contribution in [0.15, 0.2) is 12.1 Å². The van der Waals surface area contributed by atoms with Crippen LogP contribution in [0.5, 0.6) is 0 Å². The van der Waals surface area contributed by atoms with Gasteiger partial charge in [-0.2, -0.15) is 0 Å². The van der Waals surface area contributed by atoms with E-state index in [4.69, 9.17) is 17.3 Å². The van der Waals surface area contributed by atoms with E-state index in [-0.39, 0.29) is 18.0 Å². The fourth-order valence-corrected chi connectivity index (χ4v) is 3.41. The number of nitrogens with zero attached hydrogens (tertiary/aromatic N) is 1. The van der Waals surface area contributed by atoms with Crippen molar-refractivity contribution in [1.82, 2.24) is 10.2 Å². The molecule has 0 radical (unpaired) electrons. The monoisotopic (exact) mass is 317 g/mol. The van der Waals surface area contributed by atoms with E-state index in [2.05, 4.69) is 19.2 Å². The molecular weight excluding hydrogens is 294 g/mol. The quantitative estimate of drug-likeness (QED) is 0.812. The van der Waals surface area contributed by atoms with Gasteiger partial charge in [-0.05, 0) is 32.0 Å². The molecule has 1 rings (SSSR count). The molecule has 1 aromatic heterocycles. The summed E-state index contributed by atoms with van der Waals surface area (Å²) in [6, 6.07) is 3.76. The Morgan fingerprint density at radius 1 is 1.45 bits per heavy atom. The van der Waals surface area contributed by atoms with Crippen LogP contribution in [0.3, 0.4) is 0 Å². The van der Waals surface area contributed by atoms with E-state index in [9.17, 15) is 4.79 Å². The van der Waals surface area contributed by atoms with Crippen LogP contribution in [-0.4, -0.2) is 37.0 Å². The van der Waals surface area contributed by atoms with Crippen LogP contribution in [0, 0.1) is 5.92 Å². The van der Waals surface area contributed by atoms with Crippen LogP contribution < -0.4 is 11.1 Å². The van der Waals surface area contributed by atoms with E-state index in [1.165, 1.54) is 11.3 Å². The van der Waals surface area contributed by atoms with Crippen molar-refractivity contribution in [1.29, 1.82) is 0 Å². The summed E-state index contributed by atoms with van der Waals surface area (Å²) in [5.41, 5.74) is 6.07. The number of rotatable bonds is 7. The lowest BCUT2D eigenvalue weighted by Crippen LogP contribution is -2.43. The van der Waals surface area contributed by atoms with E-state index in [0.29, 0.717) is 19.0 Å². The molecule has 0 saturated carbocycles.